The predicted molar refractivity (Wildman–Crippen MR) is 82.8 cm³/mol. The summed E-state index contributed by atoms with van der Waals surface area (Å²) in [7, 11) is 0. The Morgan fingerprint density at radius 2 is 2.10 bits per heavy atom. The second-order valence-electron chi connectivity index (χ2n) is 4.96. The Labute approximate surface area is 130 Å². The van der Waals surface area contributed by atoms with Crippen LogP contribution in [0.1, 0.15) is 12.8 Å². The van der Waals surface area contributed by atoms with Gasteiger partial charge in [0.15, 0.2) is 11.6 Å². The highest BCUT2D eigenvalue weighted by molar-refractivity contribution is 9.10. The van der Waals surface area contributed by atoms with Gasteiger partial charge in [-0.2, -0.15) is 0 Å². The van der Waals surface area contributed by atoms with E-state index in [2.05, 4.69) is 36.2 Å². The lowest BCUT2D eigenvalue weighted by atomic mass is 10.1. The van der Waals surface area contributed by atoms with Gasteiger partial charge in [-0.15, -0.1) is 0 Å². The Morgan fingerprint density at radius 3 is 2.86 bits per heavy atom. The molecule has 1 atom stereocenters. The van der Waals surface area contributed by atoms with E-state index in [1.54, 1.807) is 24.7 Å². The van der Waals surface area contributed by atoms with Gasteiger partial charge < -0.3 is 10.2 Å². The minimum Gasteiger partial charge on any atom is -0.352 e. The molecule has 2 aromatic rings. The Hall–Kier alpha value is -1.76. The fourth-order valence-electron chi connectivity index (χ4n) is 2.48. The normalized spacial score (nSPS) is 18.6. The Balaban J connectivity index is 1.71. The number of rotatable bonds is 3. The molecule has 21 heavy (non-hydrogen) atoms. The van der Waals surface area contributed by atoms with Gasteiger partial charge in [0.25, 0.3) is 0 Å². The highest BCUT2D eigenvalue weighted by Gasteiger charge is 2.23. The molecule has 1 N–H and O–H groups in total. The van der Waals surface area contributed by atoms with Crippen molar-refractivity contribution >= 4 is 27.7 Å². The van der Waals surface area contributed by atoms with Crippen LogP contribution in [-0.4, -0.2) is 34.1 Å². The molecule has 3 heterocycles. The second-order valence-corrected chi connectivity index (χ2v) is 5.88. The van der Waals surface area contributed by atoms with Crippen molar-refractivity contribution in [3.63, 3.8) is 0 Å². The zero-order chi connectivity index (χ0) is 14.7. The first-order chi connectivity index (χ1) is 10.2. The number of halogens is 2. The minimum absolute atomic E-state index is 0.186. The molecule has 3 rings (SSSR count). The smallest absolute Gasteiger partial charge is 0.222 e. The van der Waals surface area contributed by atoms with Crippen molar-refractivity contribution in [2.24, 2.45) is 0 Å². The van der Waals surface area contributed by atoms with Crippen LogP contribution in [0.15, 0.2) is 35.2 Å². The first kappa shape index (κ1) is 14.2. The molecular weight excluding hydrogens is 337 g/mol. The van der Waals surface area contributed by atoms with E-state index in [1.165, 1.54) is 6.07 Å². The molecule has 0 amide bonds. The number of nitrogens with zero attached hydrogens (tertiary/aromatic N) is 4. The van der Waals surface area contributed by atoms with Crippen LogP contribution in [0.5, 0.6) is 0 Å². The summed E-state index contributed by atoms with van der Waals surface area (Å²) in [5.41, 5.74) is 0. The second kappa shape index (κ2) is 6.34. The summed E-state index contributed by atoms with van der Waals surface area (Å²) < 4.78 is 14.7. The van der Waals surface area contributed by atoms with Gasteiger partial charge >= 0.3 is 0 Å². The molecule has 0 saturated carbocycles. The lowest BCUT2D eigenvalue weighted by Crippen LogP contribution is -2.43. The number of piperidine rings is 1. The summed E-state index contributed by atoms with van der Waals surface area (Å²) in [6.07, 6.45) is 7.00. The molecule has 1 unspecified atom stereocenters. The fourth-order valence-corrected chi connectivity index (χ4v) is 2.79. The van der Waals surface area contributed by atoms with Crippen LogP contribution in [0.25, 0.3) is 0 Å². The maximum absolute atomic E-state index is 14.0. The van der Waals surface area contributed by atoms with Crippen molar-refractivity contribution in [2.75, 3.05) is 23.3 Å². The van der Waals surface area contributed by atoms with Gasteiger partial charge in [-0.05, 0) is 40.9 Å². The number of hydrogen-bond donors (Lipinski definition) is 1. The summed E-state index contributed by atoms with van der Waals surface area (Å²) >= 11 is 3.23. The van der Waals surface area contributed by atoms with Crippen molar-refractivity contribution in [1.29, 1.82) is 0 Å². The molecule has 0 aromatic carbocycles. The number of hydrogen-bond acceptors (Lipinski definition) is 5. The molecule has 1 fully saturated rings. The monoisotopic (exact) mass is 351 g/mol. The molecule has 110 valence electrons. The predicted octanol–water partition coefficient (Wildman–Crippen LogP) is 2.85. The molecule has 0 bridgehead atoms. The highest BCUT2D eigenvalue weighted by atomic mass is 79.9. The molecule has 0 radical (unpaired) electrons. The number of nitrogens with one attached hydrogen (secondary N) is 1. The molecule has 5 nitrogen and oxygen atoms in total. The summed E-state index contributed by atoms with van der Waals surface area (Å²) in [4.78, 5) is 14.5. The van der Waals surface area contributed by atoms with Crippen molar-refractivity contribution in [1.82, 2.24) is 15.0 Å². The Kier molecular flexibility index (Phi) is 4.28. The maximum Gasteiger partial charge on any atom is 0.222 e. The largest absolute Gasteiger partial charge is 0.352 e. The van der Waals surface area contributed by atoms with Gasteiger partial charge in [-0.25, -0.2) is 19.3 Å². The van der Waals surface area contributed by atoms with Crippen molar-refractivity contribution in [3.05, 3.63) is 41.0 Å². The van der Waals surface area contributed by atoms with Crippen molar-refractivity contribution < 1.29 is 4.39 Å². The SMILES string of the molecule is Fc1cc(Br)cnc1N1CCCC(Nc2ncccn2)C1. The average molecular weight is 352 g/mol. The first-order valence-corrected chi connectivity index (χ1v) is 7.61. The molecule has 1 aliphatic rings. The molecule has 1 saturated heterocycles. The van der Waals surface area contributed by atoms with Crippen LogP contribution in [0.2, 0.25) is 0 Å². The van der Waals surface area contributed by atoms with E-state index >= 15 is 0 Å². The number of anilines is 2. The average Bonchev–Trinajstić information content (AvgIpc) is 2.48. The topological polar surface area (TPSA) is 53.9 Å². The molecule has 2 aromatic heterocycles. The van der Waals surface area contributed by atoms with Gasteiger partial charge in [0.05, 0.1) is 0 Å². The zero-order valence-electron chi connectivity index (χ0n) is 11.3. The maximum atomic E-state index is 14.0. The minimum atomic E-state index is -0.305. The number of aromatic nitrogens is 3. The van der Waals surface area contributed by atoms with E-state index in [0.717, 1.165) is 19.4 Å². The lowest BCUT2D eigenvalue weighted by molar-refractivity contribution is 0.511. The summed E-state index contributed by atoms with van der Waals surface area (Å²) in [5, 5.41) is 3.29. The van der Waals surface area contributed by atoms with Gasteiger partial charge in [-0.3, -0.25) is 0 Å². The van der Waals surface area contributed by atoms with Crippen LogP contribution >= 0.6 is 15.9 Å². The third kappa shape index (κ3) is 3.47. The third-order valence-corrected chi connectivity index (χ3v) is 3.84. The van der Waals surface area contributed by atoms with E-state index in [9.17, 15) is 4.39 Å². The van der Waals surface area contributed by atoms with E-state index in [-0.39, 0.29) is 11.9 Å². The number of pyridine rings is 1. The summed E-state index contributed by atoms with van der Waals surface area (Å²) in [5.74, 6) is 0.702. The molecule has 0 spiro atoms. The van der Waals surface area contributed by atoms with Crippen LogP contribution in [-0.2, 0) is 0 Å². The van der Waals surface area contributed by atoms with E-state index in [0.29, 0.717) is 22.8 Å². The quantitative estimate of drug-likeness (QED) is 0.921. The standard InChI is InChI=1S/C14H15BrFN5/c15-10-7-12(16)13(19-8-10)21-6-1-3-11(9-21)20-14-17-4-2-5-18-14/h2,4-5,7-8,11H,1,3,6,9H2,(H,17,18,20). The van der Waals surface area contributed by atoms with Crippen molar-refractivity contribution in [3.8, 4) is 0 Å². The molecule has 1 aliphatic heterocycles. The summed E-state index contributed by atoms with van der Waals surface area (Å²) in [6, 6.07) is 3.41. The lowest BCUT2D eigenvalue weighted by Gasteiger charge is -2.34. The van der Waals surface area contributed by atoms with Gasteiger partial charge in [0.1, 0.15) is 0 Å². The van der Waals surface area contributed by atoms with E-state index < -0.39 is 0 Å². The van der Waals surface area contributed by atoms with E-state index in [4.69, 9.17) is 0 Å². The van der Waals surface area contributed by atoms with Crippen LogP contribution < -0.4 is 10.2 Å². The van der Waals surface area contributed by atoms with Crippen LogP contribution in [0.3, 0.4) is 0 Å². The first-order valence-electron chi connectivity index (χ1n) is 6.82. The van der Waals surface area contributed by atoms with Gasteiger partial charge in [0, 0.05) is 42.2 Å². The highest BCUT2D eigenvalue weighted by Crippen LogP contribution is 2.24. The van der Waals surface area contributed by atoms with Crippen LogP contribution in [0, 0.1) is 5.82 Å². The van der Waals surface area contributed by atoms with Gasteiger partial charge in [-0.1, -0.05) is 0 Å². The molecular formula is C14H15BrFN5. The van der Waals surface area contributed by atoms with Gasteiger partial charge in [0.2, 0.25) is 5.95 Å². The van der Waals surface area contributed by atoms with Crippen molar-refractivity contribution in [2.45, 2.75) is 18.9 Å². The fraction of sp³-hybridized carbons (Fsp3) is 0.357. The Morgan fingerprint density at radius 1 is 1.29 bits per heavy atom. The summed E-state index contributed by atoms with van der Waals surface area (Å²) in [6.45, 7) is 1.49. The third-order valence-electron chi connectivity index (χ3n) is 3.41. The molecule has 7 heteroatoms. The van der Waals surface area contributed by atoms with E-state index in [1.807, 2.05) is 4.90 Å². The Bertz CT molecular complexity index is 610. The zero-order valence-corrected chi connectivity index (χ0v) is 12.9. The van der Waals surface area contributed by atoms with Crippen LogP contribution in [0.4, 0.5) is 16.2 Å². The molecule has 0 aliphatic carbocycles.